The molecule has 128 valence electrons. The second kappa shape index (κ2) is 7.38. The summed E-state index contributed by atoms with van der Waals surface area (Å²) in [7, 11) is -3.82. The number of thiazole rings is 1. The van der Waals surface area contributed by atoms with Gasteiger partial charge >= 0.3 is 5.97 Å². The van der Waals surface area contributed by atoms with Gasteiger partial charge in [0.25, 0.3) is 5.91 Å². The molecular weight excluding hydrogens is 422 g/mol. The van der Waals surface area contributed by atoms with Crippen LogP contribution in [0.1, 0.15) is 27.8 Å². The van der Waals surface area contributed by atoms with Crippen molar-refractivity contribution in [1.82, 2.24) is 4.98 Å². The molecule has 11 heteroatoms. The van der Waals surface area contributed by atoms with Crippen LogP contribution in [0.4, 0.5) is 5.13 Å². The van der Waals surface area contributed by atoms with Gasteiger partial charge < -0.3 is 4.74 Å². The Balaban J connectivity index is 2.15. The van der Waals surface area contributed by atoms with Crippen molar-refractivity contribution < 1.29 is 22.7 Å². The largest absolute Gasteiger partial charge is 0.461 e. The van der Waals surface area contributed by atoms with Gasteiger partial charge in [-0.1, -0.05) is 11.3 Å². The maximum Gasteiger partial charge on any atom is 0.359 e. The number of esters is 1. The number of carbonyl (C=O) groups is 2. The van der Waals surface area contributed by atoms with E-state index >= 15 is 0 Å². The lowest BCUT2D eigenvalue weighted by molar-refractivity contribution is 0.0519. The molecular formula is C13H12BrN3O5S2. The number of aromatic nitrogens is 1. The Morgan fingerprint density at radius 3 is 2.50 bits per heavy atom. The van der Waals surface area contributed by atoms with Crippen LogP contribution >= 0.6 is 27.3 Å². The Morgan fingerprint density at radius 1 is 1.33 bits per heavy atom. The summed E-state index contributed by atoms with van der Waals surface area (Å²) in [5, 5.41) is 7.72. The molecule has 0 atom stereocenters. The summed E-state index contributed by atoms with van der Waals surface area (Å²) in [4.78, 5) is 27.7. The predicted molar refractivity (Wildman–Crippen MR) is 91.5 cm³/mol. The zero-order valence-corrected chi connectivity index (χ0v) is 15.5. The summed E-state index contributed by atoms with van der Waals surface area (Å²) >= 11 is 4.24. The van der Waals surface area contributed by atoms with Crippen LogP contribution in [0, 0.1) is 0 Å². The van der Waals surface area contributed by atoms with Crippen molar-refractivity contribution in [3.63, 3.8) is 0 Å². The number of amides is 1. The van der Waals surface area contributed by atoms with Gasteiger partial charge in [-0.15, -0.1) is 0 Å². The number of halogens is 1. The molecule has 0 fully saturated rings. The monoisotopic (exact) mass is 433 g/mol. The van der Waals surface area contributed by atoms with Gasteiger partial charge in [0.1, 0.15) is 3.79 Å². The Labute approximate surface area is 150 Å². The van der Waals surface area contributed by atoms with Gasteiger partial charge in [-0.3, -0.25) is 10.1 Å². The molecule has 0 bridgehead atoms. The summed E-state index contributed by atoms with van der Waals surface area (Å²) in [5.74, 6) is -1.11. The highest BCUT2D eigenvalue weighted by molar-refractivity contribution is 9.11. The molecule has 1 heterocycles. The van der Waals surface area contributed by atoms with E-state index in [9.17, 15) is 18.0 Å². The Bertz CT molecular complexity index is 878. The number of carbonyl (C=O) groups excluding carboxylic acids is 2. The fourth-order valence-corrected chi connectivity index (χ4v) is 3.55. The average molecular weight is 434 g/mol. The van der Waals surface area contributed by atoms with E-state index in [-0.39, 0.29) is 27.9 Å². The summed E-state index contributed by atoms with van der Waals surface area (Å²) in [6, 6.07) is 5.10. The van der Waals surface area contributed by atoms with E-state index in [4.69, 9.17) is 9.88 Å². The molecule has 8 nitrogen and oxygen atoms in total. The fraction of sp³-hybridized carbons (Fsp3) is 0.154. The smallest absolute Gasteiger partial charge is 0.359 e. The van der Waals surface area contributed by atoms with Crippen molar-refractivity contribution in [2.45, 2.75) is 11.8 Å². The van der Waals surface area contributed by atoms with Gasteiger partial charge in [0.2, 0.25) is 10.0 Å². The van der Waals surface area contributed by atoms with Gasteiger partial charge in [-0.2, -0.15) is 0 Å². The second-order valence-electron chi connectivity index (χ2n) is 4.39. The van der Waals surface area contributed by atoms with Crippen LogP contribution in [-0.4, -0.2) is 31.9 Å². The third-order valence-electron chi connectivity index (χ3n) is 2.72. The fourth-order valence-electron chi connectivity index (χ4n) is 1.65. The van der Waals surface area contributed by atoms with E-state index in [1.165, 1.54) is 24.3 Å². The summed E-state index contributed by atoms with van der Waals surface area (Å²) in [5.41, 5.74) is 0.285. The molecule has 2 aromatic rings. The number of rotatable bonds is 5. The van der Waals surface area contributed by atoms with E-state index in [0.29, 0.717) is 3.79 Å². The molecule has 0 unspecified atom stereocenters. The van der Waals surface area contributed by atoms with E-state index < -0.39 is 21.9 Å². The molecule has 0 aliphatic rings. The van der Waals surface area contributed by atoms with Crippen molar-refractivity contribution in [2.75, 3.05) is 11.9 Å². The second-order valence-corrected chi connectivity index (χ2v) is 8.26. The minimum absolute atomic E-state index is 0.0710. The van der Waals surface area contributed by atoms with E-state index in [1.807, 2.05) is 0 Å². The number of hydrogen-bond donors (Lipinski definition) is 2. The molecule has 1 amide bonds. The lowest BCUT2D eigenvalue weighted by Crippen LogP contribution is -2.14. The van der Waals surface area contributed by atoms with Gasteiger partial charge in [-0.25, -0.2) is 23.3 Å². The first kappa shape index (κ1) is 18.5. The molecule has 0 radical (unpaired) electrons. The van der Waals surface area contributed by atoms with Crippen LogP contribution in [0.5, 0.6) is 0 Å². The van der Waals surface area contributed by atoms with Crippen molar-refractivity contribution in [2.24, 2.45) is 5.14 Å². The van der Waals surface area contributed by atoms with Crippen molar-refractivity contribution in [3.05, 3.63) is 39.3 Å². The molecule has 0 spiro atoms. The third kappa shape index (κ3) is 4.38. The molecule has 0 aliphatic carbocycles. The Hall–Kier alpha value is -1.82. The number of nitrogens with zero attached hydrogens (tertiary/aromatic N) is 1. The SMILES string of the molecule is CCOC(=O)c1nc(NC(=O)c2ccc(S(N)(=O)=O)cc2)sc1Br. The first-order valence-electron chi connectivity index (χ1n) is 6.50. The van der Waals surface area contributed by atoms with Crippen molar-refractivity contribution >= 4 is 54.3 Å². The summed E-state index contributed by atoms with van der Waals surface area (Å²) in [6.07, 6.45) is 0. The maximum absolute atomic E-state index is 12.1. The topological polar surface area (TPSA) is 128 Å². The lowest BCUT2D eigenvalue weighted by atomic mass is 10.2. The van der Waals surface area contributed by atoms with Crippen molar-refractivity contribution in [3.8, 4) is 0 Å². The minimum Gasteiger partial charge on any atom is -0.461 e. The zero-order valence-electron chi connectivity index (χ0n) is 12.3. The number of benzene rings is 1. The highest BCUT2D eigenvalue weighted by atomic mass is 79.9. The lowest BCUT2D eigenvalue weighted by Gasteiger charge is -2.03. The van der Waals surface area contributed by atoms with Crippen LogP contribution in [-0.2, 0) is 14.8 Å². The summed E-state index contributed by atoms with van der Waals surface area (Å²) < 4.78 is 27.6. The molecule has 3 N–H and O–H groups in total. The van der Waals surface area contributed by atoms with Crippen LogP contribution in [0.2, 0.25) is 0 Å². The van der Waals surface area contributed by atoms with E-state index in [0.717, 1.165) is 11.3 Å². The van der Waals surface area contributed by atoms with Crippen LogP contribution in [0.25, 0.3) is 0 Å². The van der Waals surface area contributed by atoms with E-state index in [1.54, 1.807) is 6.92 Å². The average Bonchev–Trinajstić information content (AvgIpc) is 2.87. The number of ether oxygens (including phenoxy) is 1. The van der Waals surface area contributed by atoms with Gasteiger partial charge in [0, 0.05) is 5.56 Å². The predicted octanol–water partition coefficient (Wildman–Crippen LogP) is 1.98. The first-order chi connectivity index (χ1) is 11.2. The van der Waals surface area contributed by atoms with Crippen LogP contribution in [0.15, 0.2) is 32.9 Å². The Kier molecular flexibility index (Phi) is 5.70. The third-order valence-corrected chi connectivity index (χ3v) is 5.27. The number of sulfonamides is 1. The first-order valence-corrected chi connectivity index (χ1v) is 9.65. The number of nitrogens with two attached hydrogens (primary N) is 1. The number of anilines is 1. The normalized spacial score (nSPS) is 11.1. The molecule has 0 saturated heterocycles. The molecule has 0 aliphatic heterocycles. The van der Waals surface area contributed by atoms with Gasteiger partial charge in [0.05, 0.1) is 11.5 Å². The molecule has 2 rings (SSSR count). The van der Waals surface area contributed by atoms with Crippen LogP contribution in [0.3, 0.4) is 0 Å². The Morgan fingerprint density at radius 2 is 1.96 bits per heavy atom. The summed E-state index contributed by atoms with van der Waals surface area (Å²) in [6.45, 7) is 1.88. The van der Waals surface area contributed by atoms with Gasteiger partial charge in [-0.05, 0) is 47.1 Å². The maximum atomic E-state index is 12.1. The van der Waals surface area contributed by atoms with E-state index in [2.05, 4.69) is 26.2 Å². The number of hydrogen-bond acceptors (Lipinski definition) is 7. The molecule has 24 heavy (non-hydrogen) atoms. The molecule has 1 aromatic carbocycles. The minimum atomic E-state index is -3.82. The van der Waals surface area contributed by atoms with Gasteiger partial charge in [0.15, 0.2) is 10.8 Å². The molecule has 1 aromatic heterocycles. The van der Waals surface area contributed by atoms with Crippen LogP contribution < -0.4 is 10.5 Å². The number of nitrogens with one attached hydrogen (secondary N) is 1. The highest BCUT2D eigenvalue weighted by Gasteiger charge is 2.19. The van der Waals surface area contributed by atoms with Crippen molar-refractivity contribution in [1.29, 1.82) is 0 Å². The standard InChI is InChI=1S/C13H12BrN3O5S2/c1-2-22-12(19)9-10(14)23-13(16-9)17-11(18)7-3-5-8(6-4-7)24(15,20)21/h3-6H,2H2,1H3,(H2,15,20,21)(H,16,17,18). The highest BCUT2D eigenvalue weighted by Crippen LogP contribution is 2.29. The quantitative estimate of drug-likeness (QED) is 0.693. The molecule has 0 saturated carbocycles. The number of primary sulfonamides is 1. The zero-order chi connectivity index (χ0) is 17.9.